The fourth-order valence-electron chi connectivity index (χ4n) is 3.36. The van der Waals surface area contributed by atoms with Crippen LogP contribution >= 0.6 is 0 Å². The molecular weight excluding hydrogens is 360 g/mol. The Labute approximate surface area is 162 Å². The molecule has 7 nitrogen and oxygen atoms in total. The van der Waals surface area contributed by atoms with Gasteiger partial charge in [0.1, 0.15) is 12.0 Å². The highest BCUT2D eigenvalue weighted by Gasteiger charge is 2.34. The monoisotopic (exact) mass is 380 g/mol. The summed E-state index contributed by atoms with van der Waals surface area (Å²) in [6.45, 7) is 0.849. The first-order chi connectivity index (χ1) is 13.6. The zero-order valence-electron chi connectivity index (χ0n) is 15.2. The van der Waals surface area contributed by atoms with Gasteiger partial charge >= 0.3 is 12.0 Å². The van der Waals surface area contributed by atoms with E-state index in [1.807, 2.05) is 6.08 Å². The minimum atomic E-state index is -1.03. The van der Waals surface area contributed by atoms with E-state index in [0.717, 1.165) is 12.8 Å². The highest BCUT2D eigenvalue weighted by atomic mass is 16.6. The predicted molar refractivity (Wildman–Crippen MR) is 102 cm³/mol. The molecule has 2 amide bonds. The number of hydrogen-bond acceptors (Lipinski definition) is 4. The van der Waals surface area contributed by atoms with Gasteiger partial charge in [0, 0.05) is 25.2 Å². The van der Waals surface area contributed by atoms with Crippen LogP contribution in [0, 0.1) is 0 Å². The Hall–Kier alpha value is -3.48. The molecule has 0 unspecified atom stereocenters. The van der Waals surface area contributed by atoms with Gasteiger partial charge in [0.25, 0.3) is 0 Å². The zero-order chi connectivity index (χ0) is 19.5. The Kier molecular flexibility index (Phi) is 4.89. The summed E-state index contributed by atoms with van der Waals surface area (Å²) in [6, 6.07) is 6.05. The fraction of sp³-hybridized carbons (Fsp3) is 0.238. The van der Waals surface area contributed by atoms with Crippen molar-refractivity contribution in [3.63, 3.8) is 0 Å². The lowest BCUT2D eigenvalue weighted by atomic mass is 10.0. The minimum Gasteiger partial charge on any atom is -0.478 e. The highest BCUT2D eigenvalue weighted by molar-refractivity contribution is 5.97. The molecule has 1 aromatic carbocycles. The van der Waals surface area contributed by atoms with Crippen LogP contribution in [-0.4, -0.2) is 35.1 Å². The molecule has 144 valence electrons. The molecule has 2 heterocycles. The normalized spacial score (nSPS) is 18.9. The second-order valence-corrected chi connectivity index (χ2v) is 6.69. The summed E-state index contributed by atoms with van der Waals surface area (Å²) in [4.78, 5) is 27.1. The van der Waals surface area contributed by atoms with Crippen molar-refractivity contribution in [1.29, 1.82) is 0 Å². The van der Waals surface area contributed by atoms with E-state index in [2.05, 4.69) is 12.2 Å². The molecule has 3 aliphatic rings. The molecule has 1 aromatic rings. The SMILES string of the molecule is O=C(O)c1cccc(N2CCN(C3=COC=C(CC4=CC=CCC4)O3)C2=O)c1. The molecule has 0 radical (unpaired) electrons. The number of amides is 2. The van der Waals surface area contributed by atoms with E-state index in [1.54, 1.807) is 18.4 Å². The maximum Gasteiger partial charge on any atom is 0.335 e. The number of hydrogen-bond donors (Lipinski definition) is 1. The summed E-state index contributed by atoms with van der Waals surface area (Å²) in [5, 5.41) is 9.16. The maximum atomic E-state index is 12.9. The molecular formula is C21H20N2O5. The lowest BCUT2D eigenvalue weighted by Crippen LogP contribution is -2.32. The number of urea groups is 1. The van der Waals surface area contributed by atoms with Crippen molar-refractivity contribution in [3.05, 3.63) is 77.8 Å². The van der Waals surface area contributed by atoms with Gasteiger partial charge in [0.15, 0.2) is 6.26 Å². The first-order valence-corrected chi connectivity index (χ1v) is 9.11. The third-order valence-corrected chi connectivity index (χ3v) is 4.79. The lowest BCUT2D eigenvalue weighted by Gasteiger charge is -2.24. The van der Waals surface area contributed by atoms with Crippen LogP contribution in [0.2, 0.25) is 0 Å². The van der Waals surface area contributed by atoms with Crippen molar-refractivity contribution in [2.24, 2.45) is 0 Å². The van der Waals surface area contributed by atoms with Gasteiger partial charge in [-0.05, 0) is 31.0 Å². The Morgan fingerprint density at radius 2 is 2.04 bits per heavy atom. The van der Waals surface area contributed by atoms with Crippen molar-refractivity contribution >= 4 is 17.7 Å². The first kappa shape index (κ1) is 17.9. The van der Waals surface area contributed by atoms with Crippen molar-refractivity contribution in [2.75, 3.05) is 18.0 Å². The number of anilines is 1. The van der Waals surface area contributed by atoms with Gasteiger partial charge in [-0.2, -0.15) is 0 Å². The predicted octanol–water partition coefficient (Wildman–Crippen LogP) is 3.98. The molecule has 0 spiro atoms. The van der Waals surface area contributed by atoms with Crippen molar-refractivity contribution in [1.82, 2.24) is 4.90 Å². The van der Waals surface area contributed by atoms with Crippen LogP contribution in [0.1, 0.15) is 29.6 Å². The number of carbonyl (C=O) groups is 2. The number of rotatable bonds is 5. The number of carboxylic acid groups (broad SMARTS) is 1. The van der Waals surface area contributed by atoms with Crippen LogP contribution in [0.3, 0.4) is 0 Å². The Bertz CT molecular complexity index is 928. The van der Waals surface area contributed by atoms with E-state index >= 15 is 0 Å². The number of nitrogens with zero attached hydrogens (tertiary/aromatic N) is 2. The molecule has 0 bridgehead atoms. The van der Waals surface area contributed by atoms with Crippen molar-refractivity contribution in [2.45, 2.75) is 19.3 Å². The first-order valence-electron chi connectivity index (χ1n) is 9.11. The second-order valence-electron chi connectivity index (χ2n) is 6.69. The number of ether oxygens (including phenoxy) is 2. The molecule has 1 fully saturated rings. The van der Waals surface area contributed by atoms with E-state index in [-0.39, 0.29) is 11.6 Å². The van der Waals surface area contributed by atoms with E-state index in [9.17, 15) is 9.59 Å². The van der Waals surface area contributed by atoms with Gasteiger partial charge in [0.2, 0.25) is 5.88 Å². The summed E-state index contributed by atoms with van der Waals surface area (Å²) < 4.78 is 11.3. The van der Waals surface area contributed by atoms with Crippen LogP contribution in [0.15, 0.2) is 72.2 Å². The number of aromatic carboxylic acids is 1. The van der Waals surface area contributed by atoms with Gasteiger partial charge in [0.05, 0.1) is 5.56 Å². The van der Waals surface area contributed by atoms with E-state index in [0.29, 0.717) is 36.8 Å². The number of benzene rings is 1. The van der Waals surface area contributed by atoms with E-state index < -0.39 is 5.97 Å². The van der Waals surface area contributed by atoms with E-state index in [1.165, 1.54) is 33.8 Å². The van der Waals surface area contributed by atoms with Crippen molar-refractivity contribution < 1.29 is 24.2 Å². The number of carbonyl (C=O) groups excluding carboxylic acids is 1. The molecule has 0 saturated carbocycles. The van der Waals surface area contributed by atoms with Gasteiger partial charge in [-0.15, -0.1) is 0 Å². The summed E-state index contributed by atoms with van der Waals surface area (Å²) in [5.41, 5.74) is 1.93. The van der Waals surface area contributed by atoms with Crippen molar-refractivity contribution in [3.8, 4) is 0 Å². The number of allylic oxidation sites excluding steroid dienone is 4. The fourth-order valence-corrected chi connectivity index (χ4v) is 3.36. The quantitative estimate of drug-likeness (QED) is 0.836. The smallest absolute Gasteiger partial charge is 0.335 e. The summed E-state index contributed by atoms with van der Waals surface area (Å²) in [5.74, 6) is -0.0387. The third-order valence-electron chi connectivity index (χ3n) is 4.79. The highest BCUT2D eigenvalue weighted by Crippen LogP contribution is 2.29. The largest absolute Gasteiger partial charge is 0.478 e. The Morgan fingerprint density at radius 1 is 1.18 bits per heavy atom. The summed E-state index contributed by atoms with van der Waals surface area (Å²) >= 11 is 0. The molecule has 1 N–H and O–H groups in total. The third kappa shape index (κ3) is 3.64. The summed E-state index contributed by atoms with van der Waals surface area (Å²) in [6.07, 6.45) is 11.8. The Balaban J connectivity index is 1.44. The topological polar surface area (TPSA) is 79.3 Å². The summed E-state index contributed by atoms with van der Waals surface area (Å²) in [7, 11) is 0. The van der Waals surface area contributed by atoms with Crippen LogP contribution in [-0.2, 0) is 9.47 Å². The van der Waals surface area contributed by atoms with Gasteiger partial charge in [-0.25, -0.2) is 9.59 Å². The van der Waals surface area contributed by atoms with Crippen LogP contribution in [0.25, 0.3) is 0 Å². The second kappa shape index (κ2) is 7.64. The average Bonchev–Trinajstić information content (AvgIpc) is 3.10. The number of carboxylic acids is 1. The zero-order valence-corrected chi connectivity index (χ0v) is 15.2. The standard InChI is InChI=1S/C21H20N2O5/c24-20(25)16-7-4-8-17(12-16)22-9-10-23(21(22)26)19-14-27-13-18(28-19)11-15-5-2-1-3-6-15/h1-2,4-5,7-8,12-14H,3,6,9-11H2,(H,24,25). The van der Waals surface area contributed by atoms with Crippen LogP contribution in [0.4, 0.5) is 10.5 Å². The molecule has 28 heavy (non-hydrogen) atoms. The van der Waals surface area contributed by atoms with Crippen LogP contribution < -0.4 is 4.90 Å². The minimum absolute atomic E-state index is 0.139. The molecule has 1 aliphatic carbocycles. The molecule has 4 rings (SSSR count). The molecule has 2 aliphatic heterocycles. The Morgan fingerprint density at radius 3 is 2.82 bits per heavy atom. The maximum absolute atomic E-state index is 12.9. The molecule has 0 atom stereocenters. The molecule has 7 heteroatoms. The average molecular weight is 380 g/mol. The van der Waals surface area contributed by atoms with Gasteiger partial charge in [-0.3, -0.25) is 9.80 Å². The van der Waals surface area contributed by atoms with Gasteiger partial charge < -0.3 is 14.6 Å². The van der Waals surface area contributed by atoms with E-state index in [4.69, 9.17) is 14.6 Å². The molecule has 0 aromatic heterocycles. The van der Waals surface area contributed by atoms with Crippen LogP contribution in [0.5, 0.6) is 0 Å². The molecule has 1 saturated heterocycles. The lowest BCUT2D eigenvalue weighted by molar-refractivity contribution is 0.0697. The van der Waals surface area contributed by atoms with Gasteiger partial charge in [-0.1, -0.05) is 29.9 Å².